The van der Waals surface area contributed by atoms with Gasteiger partial charge in [-0.3, -0.25) is 5.21 Å². The number of aliphatic hydroxyl groups is 1. The molecule has 0 amide bonds. The predicted octanol–water partition coefficient (Wildman–Crippen LogP) is 2.77. The lowest BCUT2D eigenvalue weighted by atomic mass is 9.99. The molecule has 2 aromatic carbocycles. The van der Waals surface area contributed by atoms with Gasteiger partial charge in [0.05, 0.1) is 12.0 Å². The van der Waals surface area contributed by atoms with Crippen molar-refractivity contribution in [2.24, 2.45) is 0 Å². The van der Waals surface area contributed by atoms with Crippen LogP contribution in [-0.4, -0.2) is 10.3 Å². The predicted molar refractivity (Wildman–Crippen MR) is 72.5 cm³/mol. The van der Waals surface area contributed by atoms with Crippen LogP contribution in [0.2, 0.25) is 0 Å². The maximum absolute atomic E-state index is 9.54. The smallest absolute Gasteiger partial charge is 0.230 e. The molecule has 0 radical (unpaired) electrons. The lowest BCUT2D eigenvalue weighted by Gasteiger charge is -2.07. The Balaban J connectivity index is 2.55. The number of aromatic nitrogens is 1. The maximum Gasteiger partial charge on any atom is 0.230 e. The van der Waals surface area contributed by atoms with Gasteiger partial charge in [-0.2, -0.15) is 0 Å². The molecular weight excluding hydrogens is 294 g/mol. The van der Waals surface area contributed by atoms with E-state index < -0.39 is 0 Å². The van der Waals surface area contributed by atoms with Crippen LogP contribution in [0.1, 0.15) is 5.56 Å². The minimum absolute atomic E-state index is 0.00208. The van der Waals surface area contributed by atoms with Crippen molar-refractivity contribution in [2.75, 3.05) is 0 Å². The first-order chi connectivity index (χ1) is 8.69. The molecular formula is C14H11BrNO2+. The van der Waals surface area contributed by atoms with Crippen LogP contribution in [0.4, 0.5) is 0 Å². The van der Waals surface area contributed by atoms with Crippen LogP contribution < -0.4 is 4.73 Å². The van der Waals surface area contributed by atoms with Crippen molar-refractivity contribution >= 4 is 37.5 Å². The van der Waals surface area contributed by atoms with E-state index in [1.54, 1.807) is 12.4 Å². The first kappa shape index (κ1) is 11.4. The van der Waals surface area contributed by atoms with Gasteiger partial charge in [0.25, 0.3) is 0 Å². The highest BCUT2D eigenvalue weighted by Gasteiger charge is 2.10. The number of fused-ring (bicyclic) bond motifs is 3. The molecule has 1 aromatic heterocycles. The summed E-state index contributed by atoms with van der Waals surface area (Å²) in [5.74, 6) is 0. The first-order valence-electron chi connectivity index (χ1n) is 5.55. The van der Waals surface area contributed by atoms with Crippen molar-refractivity contribution in [2.45, 2.75) is 6.61 Å². The second-order valence-electron chi connectivity index (χ2n) is 4.21. The van der Waals surface area contributed by atoms with Crippen molar-refractivity contribution in [1.29, 1.82) is 0 Å². The molecule has 0 saturated heterocycles. The van der Waals surface area contributed by atoms with Crippen molar-refractivity contribution in [1.82, 2.24) is 0 Å². The first-order valence-corrected chi connectivity index (χ1v) is 6.34. The number of rotatable bonds is 1. The second-order valence-corrected chi connectivity index (χ2v) is 5.13. The standard InChI is InChI=1S/C14H11BrNO2/c15-11-1-2-12-10(8-17)5-9-3-4-16(18)7-14(9)13(12)6-11/h1-7,17-18H,8H2/q+1. The van der Waals surface area contributed by atoms with E-state index in [0.29, 0.717) is 0 Å². The molecule has 3 rings (SSSR count). The van der Waals surface area contributed by atoms with Gasteiger partial charge < -0.3 is 5.11 Å². The van der Waals surface area contributed by atoms with Gasteiger partial charge in [-0.15, -0.1) is 0 Å². The highest BCUT2D eigenvalue weighted by Crippen LogP contribution is 2.30. The normalized spacial score (nSPS) is 11.2. The SMILES string of the molecule is OCc1cc2cc[n+](O)cc2c2cc(Br)ccc12. The van der Waals surface area contributed by atoms with E-state index in [-0.39, 0.29) is 6.61 Å². The maximum atomic E-state index is 9.54. The fraction of sp³-hybridized carbons (Fsp3) is 0.0714. The fourth-order valence-corrected chi connectivity index (χ4v) is 2.62. The molecule has 0 saturated carbocycles. The van der Waals surface area contributed by atoms with Crippen LogP contribution in [0.15, 0.2) is 47.2 Å². The van der Waals surface area contributed by atoms with Crippen LogP contribution in [0, 0.1) is 0 Å². The molecule has 0 bridgehead atoms. The van der Waals surface area contributed by atoms with Crippen LogP contribution in [0.25, 0.3) is 21.5 Å². The molecule has 0 aliphatic carbocycles. The molecule has 0 fully saturated rings. The topological polar surface area (TPSA) is 44.3 Å². The van der Waals surface area contributed by atoms with Crippen molar-refractivity contribution in [3.05, 3.63) is 52.8 Å². The van der Waals surface area contributed by atoms with E-state index in [1.165, 1.54) is 0 Å². The molecule has 0 unspecified atom stereocenters. The van der Waals surface area contributed by atoms with E-state index in [2.05, 4.69) is 15.9 Å². The molecule has 90 valence electrons. The third kappa shape index (κ3) is 1.74. The van der Waals surface area contributed by atoms with Gasteiger partial charge in [0.2, 0.25) is 12.4 Å². The summed E-state index contributed by atoms with van der Waals surface area (Å²) in [7, 11) is 0. The molecule has 0 atom stereocenters. The Bertz CT molecular complexity index is 755. The van der Waals surface area contributed by atoms with Crippen molar-refractivity contribution < 1.29 is 15.0 Å². The Morgan fingerprint density at radius 3 is 2.67 bits per heavy atom. The van der Waals surface area contributed by atoms with Gasteiger partial charge in [-0.05, 0) is 39.9 Å². The average molecular weight is 305 g/mol. The molecule has 1 heterocycles. The quantitative estimate of drug-likeness (QED) is 0.412. The molecule has 0 aliphatic heterocycles. The second kappa shape index (κ2) is 4.23. The third-order valence-electron chi connectivity index (χ3n) is 3.10. The largest absolute Gasteiger partial charge is 0.392 e. The van der Waals surface area contributed by atoms with Crippen LogP contribution in [0.3, 0.4) is 0 Å². The number of hydrogen-bond acceptors (Lipinski definition) is 2. The number of benzene rings is 2. The van der Waals surface area contributed by atoms with Gasteiger partial charge in [-0.25, -0.2) is 0 Å². The summed E-state index contributed by atoms with van der Waals surface area (Å²) in [6, 6.07) is 9.69. The van der Waals surface area contributed by atoms with E-state index in [4.69, 9.17) is 0 Å². The molecule has 0 aliphatic rings. The van der Waals surface area contributed by atoms with Crippen LogP contribution in [-0.2, 0) is 6.61 Å². The summed E-state index contributed by atoms with van der Waals surface area (Å²) in [6.07, 6.45) is 3.25. The lowest BCUT2D eigenvalue weighted by molar-refractivity contribution is -0.903. The highest BCUT2D eigenvalue weighted by molar-refractivity contribution is 9.10. The van der Waals surface area contributed by atoms with Crippen molar-refractivity contribution in [3.8, 4) is 0 Å². The zero-order valence-corrected chi connectivity index (χ0v) is 11.1. The van der Waals surface area contributed by atoms with E-state index in [1.807, 2.05) is 30.3 Å². The lowest BCUT2D eigenvalue weighted by Crippen LogP contribution is -2.27. The molecule has 3 nitrogen and oxygen atoms in total. The number of aliphatic hydroxyl groups excluding tert-OH is 1. The van der Waals surface area contributed by atoms with Gasteiger partial charge in [0, 0.05) is 15.3 Å². The van der Waals surface area contributed by atoms with Crippen molar-refractivity contribution in [3.63, 3.8) is 0 Å². The summed E-state index contributed by atoms with van der Waals surface area (Å²) in [5.41, 5.74) is 0.890. The average Bonchev–Trinajstić information content (AvgIpc) is 2.38. The van der Waals surface area contributed by atoms with Crippen LogP contribution >= 0.6 is 15.9 Å². The zero-order valence-electron chi connectivity index (χ0n) is 9.47. The Kier molecular flexibility index (Phi) is 2.69. The van der Waals surface area contributed by atoms with E-state index >= 15 is 0 Å². The van der Waals surface area contributed by atoms with E-state index in [0.717, 1.165) is 36.3 Å². The molecule has 3 aromatic rings. The van der Waals surface area contributed by atoms with Gasteiger partial charge >= 0.3 is 0 Å². The van der Waals surface area contributed by atoms with E-state index in [9.17, 15) is 10.3 Å². The number of halogens is 1. The zero-order chi connectivity index (χ0) is 12.7. The molecule has 4 heteroatoms. The summed E-state index contributed by atoms with van der Waals surface area (Å²) >= 11 is 3.45. The highest BCUT2D eigenvalue weighted by atomic mass is 79.9. The Hall–Kier alpha value is -1.65. The third-order valence-corrected chi connectivity index (χ3v) is 3.59. The summed E-state index contributed by atoms with van der Waals surface area (Å²) in [6.45, 7) is 0.00208. The summed E-state index contributed by atoms with van der Waals surface area (Å²) < 4.78 is 2.01. The monoisotopic (exact) mass is 304 g/mol. The van der Waals surface area contributed by atoms with Gasteiger partial charge in [0.15, 0.2) is 0 Å². The Labute approximate surface area is 112 Å². The fourth-order valence-electron chi connectivity index (χ4n) is 2.26. The number of pyridine rings is 1. The van der Waals surface area contributed by atoms with Gasteiger partial charge in [0.1, 0.15) is 0 Å². The van der Waals surface area contributed by atoms with Crippen LogP contribution in [0.5, 0.6) is 0 Å². The summed E-state index contributed by atoms with van der Waals surface area (Å²) in [4.78, 5) is 0. The number of hydrogen-bond donors (Lipinski definition) is 2. The van der Waals surface area contributed by atoms with Gasteiger partial charge in [-0.1, -0.05) is 22.0 Å². The molecule has 18 heavy (non-hydrogen) atoms. The number of nitrogens with zero attached hydrogens (tertiary/aromatic N) is 1. The Morgan fingerprint density at radius 1 is 1.06 bits per heavy atom. The Morgan fingerprint density at radius 2 is 1.89 bits per heavy atom. The molecule has 0 spiro atoms. The minimum Gasteiger partial charge on any atom is -0.392 e. The minimum atomic E-state index is 0.00208. The summed E-state index contributed by atoms with van der Waals surface area (Å²) in [5, 5.41) is 22.9. The molecule has 2 N–H and O–H groups in total.